The Morgan fingerprint density at radius 3 is 2.56 bits per heavy atom. The maximum atomic E-state index is 4.99. The average molecular weight is 455 g/mol. The van der Waals surface area contributed by atoms with Gasteiger partial charge in [-0.2, -0.15) is 10.2 Å². The summed E-state index contributed by atoms with van der Waals surface area (Å²) in [6.45, 7) is 9.36. The number of anilines is 1. The van der Waals surface area contributed by atoms with Crippen molar-refractivity contribution >= 4 is 27.8 Å². The molecule has 0 aliphatic heterocycles. The predicted octanol–water partition coefficient (Wildman–Crippen LogP) is 5.79. The Kier molecular flexibility index (Phi) is 5.96. The van der Waals surface area contributed by atoms with Gasteiger partial charge in [-0.05, 0) is 44.4 Å². The van der Waals surface area contributed by atoms with Crippen molar-refractivity contribution < 1.29 is 0 Å². The summed E-state index contributed by atoms with van der Waals surface area (Å²) in [5.41, 5.74) is 4.76. The first-order valence-electron chi connectivity index (χ1n) is 12.0. The second-order valence-electron chi connectivity index (χ2n) is 8.63. The molecular formula is C26H30N8. The summed E-state index contributed by atoms with van der Waals surface area (Å²) >= 11 is 0. The fraction of sp³-hybridized carbons (Fsp3) is 0.346. The van der Waals surface area contributed by atoms with E-state index in [1.165, 1.54) is 0 Å². The number of nitrogens with one attached hydrogen (secondary N) is 1. The molecule has 0 aliphatic rings. The Balaban J connectivity index is 1.61. The molecule has 4 aromatic heterocycles. The molecule has 0 saturated heterocycles. The molecule has 8 heteroatoms. The summed E-state index contributed by atoms with van der Waals surface area (Å²) in [5.74, 6) is 1.42. The highest BCUT2D eigenvalue weighted by molar-refractivity contribution is 5.87. The van der Waals surface area contributed by atoms with Gasteiger partial charge in [-0.15, -0.1) is 0 Å². The molecule has 0 radical (unpaired) electrons. The minimum atomic E-state index is 0.0432. The Morgan fingerprint density at radius 1 is 0.941 bits per heavy atom. The zero-order chi connectivity index (χ0) is 23.7. The fourth-order valence-electron chi connectivity index (χ4n) is 4.22. The van der Waals surface area contributed by atoms with E-state index in [9.17, 15) is 0 Å². The van der Waals surface area contributed by atoms with Gasteiger partial charge in [0, 0.05) is 30.4 Å². The van der Waals surface area contributed by atoms with E-state index in [-0.39, 0.29) is 12.1 Å². The molecule has 0 aliphatic carbocycles. The lowest BCUT2D eigenvalue weighted by Crippen LogP contribution is -2.14. The van der Waals surface area contributed by atoms with Crippen LogP contribution in [0, 0.1) is 0 Å². The summed E-state index contributed by atoms with van der Waals surface area (Å²) in [7, 11) is 0. The first-order valence-corrected chi connectivity index (χ1v) is 12.0. The van der Waals surface area contributed by atoms with Gasteiger partial charge >= 0.3 is 0 Å². The Bertz CT molecular complexity index is 1430. The van der Waals surface area contributed by atoms with E-state index in [0.29, 0.717) is 5.82 Å². The van der Waals surface area contributed by atoms with E-state index in [0.717, 1.165) is 58.3 Å². The van der Waals surface area contributed by atoms with Crippen molar-refractivity contribution in [2.24, 2.45) is 0 Å². The molecule has 34 heavy (non-hydrogen) atoms. The molecule has 0 bridgehead atoms. The molecule has 1 unspecified atom stereocenters. The van der Waals surface area contributed by atoms with Gasteiger partial charge in [-0.1, -0.05) is 32.0 Å². The average Bonchev–Trinajstić information content (AvgIpc) is 3.54. The van der Waals surface area contributed by atoms with Gasteiger partial charge in [0.15, 0.2) is 11.6 Å². The zero-order valence-electron chi connectivity index (χ0n) is 20.1. The van der Waals surface area contributed by atoms with Gasteiger partial charge in [-0.25, -0.2) is 9.97 Å². The number of rotatable bonds is 8. The number of fused-ring (bicyclic) bond motifs is 2. The molecular weight excluding hydrogens is 424 g/mol. The molecule has 0 spiro atoms. The maximum absolute atomic E-state index is 4.99. The van der Waals surface area contributed by atoms with Gasteiger partial charge in [-0.3, -0.25) is 14.3 Å². The number of aromatic nitrogens is 7. The monoisotopic (exact) mass is 454 g/mol. The number of nitrogens with zero attached hydrogens (tertiary/aromatic N) is 7. The van der Waals surface area contributed by atoms with Crippen molar-refractivity contribution in [3.8, 4) is 11.4 Å². The van der Waals surface area contributed by atoms with E-state index in [1.807, 2.05) is 52.4 Å². The summed E-state index contributed by atoms with van der Waals surface area (Å²) in [5, 5.41) is 13.9. The van der Waals surface area contributed by atoms with Gasteiger partial charge in [0.25, 0.3) is 0 Å². The van der Waals surface area contributed by atoms with Gasteiger partial charge < -0.3 is 5.32 Å². The smallest absolute Gasteiger partial charge is 0.165 e. The van der Waals surface area contributed by atoms with Gasteiger partial charge in [0.2, 0.25) is 0 Å². The molecule has 0 amide bonds. The molecule has 5 aromatic rings. The number of pyridine rings is 1. The van der Waals surface area contributed by atoms with Crippen molar-refractivity contribution in [3.63, 3.8) is 0 Å². The quantitative estimate of drug-likeness (QED) is 0.319. The summed E-state index contributed by atoms with van der Waals surface area (Å²) < 4.78 is 3.91. The molecule has 1 N–H and O–H groups in total. The molecule has 5 rings (SSSR count). The van der Waals surface area contributed by atoms with Crippen molar-refractivity contribution in [1.82, 2.24) is 34.5 Å². The first-order chi connectivity index (χ1) is 16.6. The third-order valence-electron chi connectivity index (χ3n) is 6.40. The third kappa shape index (κ3) is 4.00. The van der Waals surface area contributed by atoms with Crippen LogP contribution in [0.5, 0.6) is 0 Å². The molecule has 0 fully saturated rings. The van der Waals surface area contributed by atoms with Crippen LogP contribution in [0.1, 0.15) is 58.2 Å². The van der Waals surface area contributed by atoms with E-state index in [2.05, 4.69) is 60.3 Å². The Morgan fingerprint density at radius 2 is 1.79 bits per heavy atom. The number of hydrogen-bond acceptors (Lipinski definition) is 6. The molecule has 1 aromatic carbocycles. The van der Waals surface area contributed by atoms with E-state index in [1.54, 1.807) is 0 Å². The van der Waals surface area contributed by atoms with Crippen molar-refractivity contribution in [1.29, 1.82) is 0 Å². The molecule has 0 saturated carbocycles. The molecule has 2 atom stereocenters. The van der Waals surface area contributed by atoms with Crippen molar-refractivity contribution in [3.05, 3.63) is 60.7 Å². The fourth-order valence-corrected chi connectivity index (χ4v) is 4.22. The molecule has 4 heterocycles. The highest BCUT2D eigenvalue weighted by Gasteiger charge is 2.20. The van der Waals surface area contributed by atoms with Crippen LogP contribution in [-0.2, 0) is 6.54 Å². The highest BCUT2D eigenvalue weighted by atomic mass is 15.3. The number of para-hydroxylation sites is 1. The maximum Gasteiger partial charge on any atom is 0.165 e. The highest BCUT2D eigenvalue weighted by Crippen LogP contribution is 2.31. The van der Waals surface area contributed by atoms with Crippen LogP contribution in [-0.4, -0.2) is 34.5 Å². The lowest BCUT2D eigenvalue weighted by Gasteiger charge is -2.20. The van der Waals surface area contributed by atoms with Crippen LogP contribution in [0.25, 0.3) is 33.3 Å². The number of benzene rings is 1. The van der Waals surface area contributed by atoms with Crippen LogP contribution >= 0.6 is 0 Å². The normalized spacial score (nSPS) is 13.4. The van der Waals surface area contributed by atoms with Crippen LogP contribution < -0.4 is 5.32 Å². The Labute approximate surface area is 199 Å². The first kappa shape index (κ1) is 22.0. The van der Waals surface area contributed by atoms with Crippen molar-refractivity contribution in [2.75, 3.05) is 5.32 Å². The van der Waals surface area contributed by atoms with Crippen LogP contribution in [0.3, 0.4) is 0 Å². The van der Waals surface area contributed by atoms with E-state index in [4.69, 9.17) is 9.97 Å². The second-order valence-corrected chi connectivity index (χ2v) is 8.63. The van der Waals surface area contributed by atoms with Crippen LogP contribution in [0.4, 0.5) is 5.82 Å². The Hall–Kier alpha value is -3.81. The topological polar surface area (TPSA) is 86.3 Å². The van der Waals surface area contributed by atoms with Crippen LogP contribution in [0.2, 0.25) is 0 Å². The minimum absolute atomic E-state index is 0.0432. The number of aryl methyl sites for hydroxylation is 1. The minimum Gasteiger partial charge on any atom is -0.361 e. The second kappa shape index (κ2) is 9.21. The molecule has 8 nitrogen and oxygen atoms in total. The van der Waals surface area contributed by atoms with Crippen molar-refractivity contribution in [2.45, 2.75) is 59.2 Å². The van der Waals surface area contributed by atoms with Gasteiger partial charge in [0.1, 0.15) is 11.0 Å². The summed E-state index contributed by atoms with van der Waals surface area (Å²) in [6.07, 6.45) is 9.44. The SMILES string of the molecule is CCC(C)n1ncc2nc(-c3cnn(CC)c3)nc(N[C@H](CC)c3cnc4ccccc4c3)c21. The lowest BCUT2D eigenvalue weighted by molar-refractivity contribution is 0.493. The molecule has 174 valence electrons. The summed E-state index contributed by atoms with van der Waals surface area (Å²) in [6, 6.07) is 10.7. The predicted molar refractivity (Wildman–Crippen MR) is 136 cm³/mol. The zero-order valence-corrected chi connectivity index (χ0v) is 20.1. The van der Waals surface area contributed by atoms with Crippen LogP contribution in [0.15, 0.2) is 55.1 Å². The summed E-state index contributed by atoms with van der Waals surface area (Å²) in [4.78, 5) is 14.5. The lowest BCUT2D eigenvalue weighted by atomic mass is 10.0. The number of hydrogen-bond donors (Lipinski definition) is 1. The third-order valence-corrected chi connectivity index (χ3v) is 6.40. The standard InChI is InChI=1S/C26H30N8/c1-5-17(4)34-24-23(15-29-34)31-25(20-14-28-33(7-3)16-20)32-26(24)30-21(6-2)19-12-18-10-8-9-11-22(18)27-13-19/h8-17,21H,5-7H2,1-4H3,(H,30,31,32)/t17?,21-/m1/s1. The largest absolute Gasteiger partial charge is 0.361 e. The van der Waals surface area contributed by atoms with E-state index < -0.39 is 0 Å². The van der Waals surface area contributed by atoms with E-state index >= 15 is 0 Å². The van der Waals surface area contributed by atoms with Gasteiger partial charge in [0.05, 0.1) is 29.5 Å².